The average molecular weight is 450 g/mol. The summed E-state index contributed by atoms with van der Waals surface area (Å²) in [5.74, 6) is 2.12. The van der Waals surface area contributed by atoms with Crippen molar-refractivity contribution in [2.45, 2.75) is 75.2 Å². The van der Waals surface area contributed by atoms with E-state index in [9.17, 15) is 10.2 Å². The Labute approximate surface area is 195 Å². The van der Waals surface area contributed by atoms with Crippen LogP contribution in [-0.4, -0.2) is 59.2 Å². The Morgan fingerprint density at radius 1 is 1.21 bits per heavy atom. The summed E-state index contributed by atoms with van der Waals surface area (Å²) in [4.78, 5) is 2.80. The van der Waals surface area contributed by atoms with Gasteiger partial charge in [-0.15, -0.1) is 0 Å². The molecule has 4 fully saturated rings. The summed E-state index contributed by atoms with van der Waals surface area (Å²) < 4.78 is 13.3. The van der Waals surface area contributed by atoms with Crippen LogP contribution >= 0.6 is 0 Å². The highest BCUT2D eigenvalue weighted by Crippen LogP contribution is 2.79. The van der Waals surface area contributed by atoms with Crippen molar-refractivity contribution in [2.75, 3.05) is 20.2 Å². The molecule has 5 heteroatoms. The summed E-state index contributed by atoms with van der Waals surface area (Å²) in [6.45, 7) is 6.74. The van der Waals surface area contributed by atoms with Crippen molar-refractivity contribution in [1.82, 2.24) is 4.90 Å². The molecular weight excluding hydrogens is 414 g/mol. The lowest BCUT2D eigenvalue weighted by Crippen LogP contribution is -2.82. The molecule has 2 spiro atoms. The maximum Gasteiger partial charge on any atom is 0.165 e. The van der Waals surface area contributed by atoms with Crippen molar-refractivity contribution in [3.05, 3.63) is 35.4 Å². The van der Waals surface area contributed by atoms with Gasteiger partial charge >= 0.3 is 0 Å². The van der Waals surface area contributed by atoms with E-state index in [-0.39, 0.29) is 34.0 Å². The number of ether oxygens (including phenoxy) is 2. The molecule has 3 saturated carbocycles. The van der Waals surface area contributed by atoms with Gasteiger partial charge in [0.05, 0.1) is 11.5 Å². The van der Waals surface area contributed by atoms with E-state index in [4.69, 9.17) is 9.47 Å². The van der Waals surface area contributed by atoms with Crippen LogP contribution in [0, 0.1) is 28.6 Å². The summed E-state index contributed by atoms with van der Waals surface area (Å²) >= 11 is 0. The van der Waals surface area contributed by atoms with Gasteiger partial charge in [0.1, 0.15) is 11.7 Å². The molecule has 2 aliphatic heterocycles. The number of aliphatic hydroxyl groups excluding tert-OH is 1. The Hall–Kier alpha value is -1.56. The smallest absolute Gasteiger partial charge is 0.165 e. The molecule has 1 saturated heterocycles. The largest absolute Gasteiger partial charge is 0.504 e. The summed E-state index contributed by atoms with van der Waals surface area (Å²) in [6, 6.07) is 4.38. The molecule has 2 heterocycles. The van der Waals surface area contributed by atoms with Crippen molar-refractivity contribution in [3.63, 3.8) is 0 Å². The Morgan fingerprint density at radius 2 is 2.03 bits per heavy atom. The van der Waals surface area contributed by atoms with E-state index >= 15 is 0 Å². The number of phenolic OH excluding ortho intramolecular Hbond substituents is 1. The lowest BCUT2D eigenvalue weighted by molar-refractivity contribution is -0.249. The zero-order valence-electron chi connectivity index (χ0n) is 19.9. The van der Waals surface area contributed by atoms with Gasteiger partial charge in [0, 0.05) is 36.6 Å². The molecule has 1 unspecified atom stereocenters. The van der Waals surface area contributed by atoms with Crippen LogP contribution in [0.2, 0.25) is 0 Å². The molecule has 9 rings (SSSR count). The Morgan fingerprint density at radius 3 is 2.79 bits per heavy atom. The summed E-state index contributed by atoms with van der Waals surface area (Å²) in [5, 5.41) is 22.7. The van der Waals surface area contributed by atoms with Crippen molar-refractivity contribution < 1.29 is 19.7 Å². The van der Waals surface area contributed by atoms with Crippen LogP contribution in [0.15, 0.2) is 24.3 Å². The monoisotopic (exact) mass is 449 g/mol. The zero-order chi connectivity index (χ0) is 22.5. The number of nitrogens with zero attached hydrogens (tertiary/aromatic N) is 1. The predicted octanol–water partition coefficient (Wildman–Crippen LogP) is 3.41. The SMILES string of the molecule is CO[C@@]12C=C[C@]3(C4Cc5ccc(O)c6c5[C@@]3(CCN4CC3CC3)[C@H]1O6)[C@@H]1CC(C)(C)[C@@H](O)[C@@H]12. The molecule has 1 aromatic carbocycles. The lowest BCUT2D eigenvalue weighted by atomic mass is 9.34. The number of hydrogen-bond donors (Lipinski definition) is 2. The van der Waals surface area contributed by atoms with E-state index in [0.717, 1.165) is 31.7 Å². The predicted molar refractivity (Wildman–Crippen MR) is 123 cm³/mol. The third-order valence-electron chi connectivity index (χ3n) is 11.4. The van der Waals surface area contributed by atoms with Gasteiger partial charge in [-0.3, -0.25) is 4.90 Å². The van der Waals surface area contributed by atoms with Crippen LogP contribution in [0.5, 0.6) is 11.5 Å². The molecule has 176 valence electrons. The number of methoxy groups -OCH3 is 1. The first-order chi connectivity index (χ1) is 15.8. The van der Waals surface area contributed by atoms with E-state index in [1.165, 1.54) is 30.5 Å². The van der Waals surface area contributed by atoms with E-state index < -0.39 is 11.7 Å². The number of piperidine rings is 1. The molecule has 6 aliphatic carbocycles. The number of likely N-dealkylation sites (tertiary alicyclic amines) is 1. The fraction of sp³-hybridized carbons (Fsp3) is 0.714. The number of phenols is 1. The van der Waals surface area contributed by atoms with Crippen LogP contribution in [0.3, 0.4) is 0 Å². The maximum absolute atomic E-state index is 11.7. The Bertz CT molecular complexity index is 1110. The van der Waals surface area contributed by atoms with Crippen LogP contribution in [0.25, 0.3) is 0 Å². The third kappa shape index (κ3) is 1.88. The van der Waals surface area contributed by atoms with Gasteiger partial charge in [-0.05, 0) is 67.5 Å². The molecule has 8 aliphatic rings. The van der Waals surface area contributed by atoms with E-state index in [1.54, 1.807) is 7.11 Å². The lowest BCUT2D eigenvalue weighted by Gasteiger charge is -2.73. The van der Waals surface area contributed by atoms with Crippen LogP contribution in [-0.2, 0) is 16.6 Å². The molecule has 2 N–H and O–H groups in total. The second-order valence-corrected chi connectivity index (χ2v) is 12.9. The number of rotatable bonds is 3. The molecular formula is C28H35NO4. The van der Waals surface area contributed by atoms with E-state index in [2.05, 4.69) is 37.0 Å². The molecule has 33 heavy (non-hydrogen) atoms. The zero-order valence-corrected chi connectivity index (χ0v) is 19.9. The fourth-order valence-electron chi connectivity index (χ4n) is 10.0. The summed E-state index contributed by atoms with van der Waals surface area (Å²) in [6.07, 6.45) is 9.90. The standard InChI is InChI=1S/C28H35NO4/c1-25(2)13-17-21(23(25)31)28(32-3)9-8-26(17)19-12-16-6-7-18(30)22-20(16)27(26,24(28)33-22)10-11-29(19)14-15-4-5-15/h6-9,15,17,19,21,23-24,30-31H,4-5,10-14H2,1-3H3/t17-,19?,21-,23+,24-,26-,27+,28-/m1/s1. The van der Waals surface area contributed by atoms with Crippen molar-refractivity contribution in [3.8, 4) is 11.5 Å². The van der Waals surface area contributed by atoms with Crippen LogP contribution < -0.4 is 4.74 Å². The van der Waals surface area contributed by atoms with Crippen LogP contribution in [0.1, 0.15) is 50.7 Å². The van der Waals surface area contributed by atoms with Gasteiger partial charge in [0.2, 0.25) is 0 Å². The quantitative estimate of drug-likeness (QED) is 0.693. The molecule has 0 aromatic heterocycles. The van der Waals surface area contributed by atoms with Gasteiger partial charge in [0.15, 0.2) is 11.5 Å². The second-order valence-electron chi connectivity index (χ2n) is 12.9. The van der Waals surface area contributed by atoms with E-state index in [1.807, 2.05) is 6.07 Å². The number of hydrogen-bond acceptors (Lipinski definition) is 5. The molecule has 1 aromatic rings. The van der Waals surface area contributed by atoms with Gasteiger partial charge in [-0.25, -0.2) is 0 Å². The highest BCUT2D eigenvalue weighted by atomic mass is 16.6. The first kappa shape index (κ1) is 19.7. The van der Waals surface area contributed by atoms with Crippen LogP contribution in [0.4, 0.5) is 0 Å². The molecule has 4 bridgehead atoms. The van der Waals surface area contributed by atoms with E-state index in [0.29, 0.717) is 17.7 Å². The van der Waals surface area contributed by atoms with Crippen molar-refractivity contribution >= 4 is 0 Å². The summed E-state index contributed by atoms with van der Waals surface area (Å²) in [5.41, 5.74) is 1.47. The second kappa shape index (κ2) is 5.63. The minimum absolute atomic E-state index is 0.00186. The molecule has 0 amide bonds. The average Bonchev–Trinajstić information content (AvgIpc) is 3.47. The first-order valence-electron chi connectivity index (χ1n) is 13.0. The topological polar surface area (TPSA) is 62.2 Å². The maximum atomic E-state index is 11.7. The third-order valence-corrected chi connectivity index (χ3v) is 11.4. The highest BCUT2D eigenvalue weighted by molar-refractivity contribution is 5.65. The van der Waals surface area contributed by atoms with Gasteiger partial charge in [-0.1, -0.05) is 32.1 Å². The number of aliphatic hydroxyl groups is 1. The van der Waals surface area contributed by atoms with Gasteiger partial charge in [-0.2, -0.15) is 0 Å². The van der Waals surface area contributed by atoms with Crippen molar-refractivity contribution in [2.24, 2.45) is 28.6 Å². The normalized spacial score (nSPS) is 49.6. The Balaban J connectivity index is 1.44. The first-order valence-corrected chi connectivity index (χ1v) is 13.0. The number of benzene rings is 1. The minimum Gasteiger partial charge on any atom is -0.504 e. The van der Waals surface area contributed by atoms with Gasteiger partial charge < -0.3 is 19.7 Å². The summed E-state index contributed by atoms with van der Waals surface area (Å²) in [7, 11) is 1.80. The number of aromatic hydroxyl groups is 1. The van der Waals surface area contributed by atoms with Gasteiger partial charge in [0.25, 0.3) is 0 Å². The molecule has 5 nitrogen and oxygen atoms in total. The van der Waals surface area contributed by atoms with Crippen molar-refractivity contribution in [1.29, 1.82) is 0 Å². The minimum atomic E-state index is -0.678. The Kier molecular flexibility index (Phi) is 3.37. The highest BCUT2D eigenvalue weighted by Gasteiger charge is 2.84. The fourth-order valence-corrected chi connectivity index (χ4v) is 10.0. The molecule has 0 radical (unpaired) electrons. The molecule has 8 atom stereocenters.